The number of aromatic nitrogens is 1. The number of pyridine rings is 1. The first-order valence-corrected chi connectivity index (χ1v) is 8.62. The van der Waals surface area contributed by atoms with E-state index in [0.29, 0.717) is 6.54 Å². The van der Waals surface area contributed by atoms with Crippen LogP contribution in [0.3, 0.4) is 0 Å². The summed E-state index contributed by atoms with van der Waals surface area (Å²) in [6.45, 7) is 0.472. The van der Waals surface area contributed by atoms with Crippen LogP contribution in [0.1, 0.15) is 55.3 Å². The second kappa shape index (κ2) is 5.62. The lowest BCUT2D eigenvalue weighted by atomic mass is 9.85. The van der Waals surface area contributed by atoms with Crippen LogP contribution in [0.15, 0.2) is 12.3 Å². The summed E-state index contributed by atoms with van der Waals surface area (Å²) in [6, 6.07) is 2.15. The lowest BCUT2D eigenvalue weighted by molar-refractivity contribution is -0.149. The molecule has 1 aromatic heterocycles. The largest absolute Gasteiger partial charge is 0.458 e. The Morgan fingerprint density at radius 3 is 2.96 bits per heavy atom. The van der Waals surface area contributed by atoms with Gasteiger partial charge in [-0.2, -0.15) is 0 Å². The van der Waals surface area contributed by atoms with Crippen molar-refractivity contribution in [1.29, 1.82) is 0 Å². The van der Waals surface area contributed by atoms with Crippen molar-refractivity contribution < 1.29 is 14.3 Å². The molecular weight excluding hydrogens is 292 g/mol. The molecule has 1 amide bonds. The van der Waals surface area contributed by atoms with Gasteiger partial charge in [-0.25, -0.2) is 0 Å². The minimum atomic E-state index is -0.530. The number of fused-ring (bicyclic) bond motifs is 1. The van der Waals surface area contributed by atoms with E-state index in [1.165, 1.54) is 17.7 Å². The summed E-state index contributed by atoms with van der Waals surface area (Å²) < 4.78 is 5.54. The lowest BCUT2D eigenvalue weighted by Gasteiger charge is -2.27. The van der Waals surface area contributed by atoms with Crippen LogP contribution >= 0.6 is 0 Å². The molecule has 1 saturated carbocycles. The fourth-order valence-electron chi connectivity index (χ4n) is 4.33. The Balaban J connectivity index is 1.42. The van der Waals surface area contributed by atoms with Crippen molar-refractivity contribution in [2.24, 2.45) is 5.92 Å². The number of rotatable bonds is 3. The van der Waals surface area contributed by atoms with Crippen LogP contribution in [0.4, 0.5) is 0 Å². The van der Waals surface area contributed by atoms with E-state index in [0.717, 1.165) is 44.1 Å². The van der Waals surface area contributed by atoms with Gasteiger partial charge in [0.2, 0.25) is 5.91 Å². The molecule has 2 fully saturated rings. The zero-order valence-corrected chi connectivity index (χ0v) is 13.3. The molecule has 122 valence electrons. The molecule has 0 unspecified atom stereocenters. The van der Waals surface area contributed by atoms with Crippen LogP contribution in [0.5, 0.6) is 0 Å². The minimum absolute atomic E-state index is 0.0572. The van der Waals surface area contributed by atoms with Crippen LogP contribution in [-0.2, 0) is 33.7 Å². The molecular formula is C18H22N2O3. The van der Waals surface area contributed by atoms with E-state index in [4.69, 9.17) is 4.74 Å². The Bertz CT molecular complexity index is 650. The number of ether oxygens (including phenoxy) is 1. The molecule has 23 heavy (non-hydrogen) atoms. The van der Waals surface area contributed by atoms with Crippen molar-refractivity contribution in [2.75, 3.05) is 0 Å². The number of carbonyl (C=O) groups is 2. The third kappa shape index (κ3) is 2.62. The van der Waals surface area contributed by atoms with Crippen LogP contribution in [0, 0.1) is 5.92 Å². The van der Waals surface area contributed by atoms with Gasteiger partial charge in [-0.1, -0.05) is 6.07 Å². The van der Waals surface area contributed by atoms with E-state index >= 15 is 0 Å². The highest BCUT2D eigenvalue weighted by molar-refractivity contribution is 5.87. The van der Waals surface area contributed by atoms with Crippen LogP contribution in [0.2, 0.25) is 0 Å². The topological polar surface area (TPSA) is 68.3 Å². The number of hydrogen-bond donors (Lipinski definition) is 1. The number of aryl methyl sites for hydroxylation is 2. The molecule has 5 heteroatoms. The minimum Gasteiger partial charge on any atom is -0.458 e. The molecule has 5 nitrogen and oxygen atoms in total. The van der Waals surface area contributed by atoms with Crippen LogP contribution < -0.4 is 5.32 Å². The normalized spacial score (nSPS) is 24.7. The molecule has 1 saturated heterocycles. The van der Waals surface area contributed by atoms with Crippen LogP contribution in [0.25, 0.3) is 0 Å². The molecule has 0 bridgehead atoms. The number of nitrogens with one attached hydrogen (secondary N) is 1. The van der Waals surface area contributed by atoms with Crippen molar-refractivity contribution in [3.8, 4) is 0 Å². The highest BCUT2D eigenvalue weighted by Crippen LogP contribution is 2.45. The molecule has 1 aliphatic heterocycles. The molecule has 2 aliphatic carbocycles. The molecule has 1 N–H and O–H groups in total. The fourth-order valence-corrected chi connectivity index (χ4v) is 4.33. The Hall–Kier alpha value is -1.91. The predicted octanol–water partition coefficient (Wildman–Crippen LogP) is 2.06. The molecule has 1 aromatic rings. The second-order valence-corrected chi connectivity index (χ2v) is 7.02. The Kier molecular flexibility index (Phi) is 3.58. The number of carbonyl (C=O) groups excluding carboxylic acids is 2. The number of esters is 1. The van der Waals surface area contributed by atoms with Gasteiger partial charge in [0.15, 0.2) is 0 Å². The molecule has 2 heterocycles. The fraction of sp³-hybridized carbons (Fsp3) is 0.611. The third-order valence-corrected chi connectivity index (χ3v) is 5.53. The summed E-state index contributed by atoms with van der Waals surface area (Å²) >= 11 is 0. The smallest absolute Gasteiger partial charge is 0.307 e. The van der Waals surface area contributed by atoms with Gasteiger partial charge in [-0.05, 0) is 56.1 Å². The lowest BCUT2D eigenvalue weighted by Crippen LogP contribution is -2.42. The average Bonchev–Trinajstić information content (AvgIpc) is 3.25. The SMILES string of the molecule is O=C1C[C@@H](C(=O)NCc2cnc3c(c2)CCC3)C2(CCCC2)O1. The van der Waals surface area contributed by atoms with E-state index in [-0.39, 0.29) is 24.2 Å². The van der Waals surface area contributed by atoms with E-state index in [1.807, 2.05) is 6.20 Å². The second-order valence-electron chi connectivity index (χ2n) is 7.02. The van der Waals surface area contributed by atoms with Crippen molar-refractivity contribution in [2.45, 2.75) is 63.5 Å². The maximum atomic E-state index is 12.6. The number of amides is 1. The summed E-state index contributed by atoms with van der Waals surface area (Å²) in [5, 5.41) is 2.99. The predicted molar refractivity (Wildman–Crippen MR) is 83.5 cm³/mol. The quantitative estimate of drug-likeness (QED) is 0.867. The molecule has 3 aliphatic rings. The first-order valence-electron chi connectivity index (χ1n) is 8.62. The van der Waals surface area contributed by atoms with Gasteiger partial charge in [0.05, 0.1) is 12.3 Å². The Morgan fingerprint density at radius 2 is 2.13 bits per heavy atom. The number of hydrogen-bond acceptors (Lipinski definition) is 4. The van der Waals surface area contributed by atoms with Crippen molar-refractivity contribution in [3.05, 3.63) is 29.1 Å². The van der Waals surface area contributed by atoms with Gasteiger partial charge in [0, 0.05) is 18.4 Å². The summed E-state index contributed by atoms with van der Waals surface area (Å²) in [6.07, 6.45) is 9.08. The monoisotopic (exact) mass is 314 g/mol. The summed E-state index contributed by atoms with van der Waals surface area (Å²) in [4.78, 5) is 28.8. The standard InChI is InChI=1S/C18H22N2O3/c21-16-9-14(18(23-16)6-1-2-7-18)17(22)20-11-12-8-13-4-3-5-15(13)19-10-12/h8,10,14H,1-7,9,11H2,(H,20,22)/t14-/m0/s1. The molecule has 1 atom stereocenters. The molecule has 4 rings (SSSR count). The van der Waals surface area contributed by atoms with Gasteiger partial charge in [0.25, 0.3) is 0 Å². The highest BCUT2D eigenvalue weighted by Gasteiger charge is 2.53. The van der Waals surface area contributed by atoms with Gasteiger partial charge >= 0.3 is 5.97 Å². The highest BCUT2D eigenvalue weighted by atomic mass is 16.6. The van der Waals surface area contributed by atoms with Crippen molar-refractivity contribution in [1.82, 2.24) is 10.3 Å². The zero-order chi connectivity index (χ0) is 15.9. The van der Waals surface area contributed by atoms with E-state index in [1.54, 1.807) is 0 Å². The van der Waals surface area contributed by atoms with Crippen molar-refractivity contribution >= 4 is 11.9 Å². The summed E-state index contributed by atoms with van der Waals surface area (Å²) in [5.41, 5.74) is 3.00. The summed E-state index contributed by atoms with van der Waals surface area (Å²) in [5.74, 6) is -0.621. The van der Waals surface area contributed by atoms with Gasteiger partial charge in [-0.15, -0.1) is 0 Å². The Labute approximate surface area is 135 Å². The van der Waals surface area contributed by atoms with Gasteiger partial charge < -0.3 is 10.1 Å². The van der Waals surface area contributed by atoms with Gasteiger partial charge in [0.1, 0.15) is 5.60 Å². The molecule has 0 aromatic carbocycles. The average molecular weight is 314 g/mol. The van der Waals surface area contributed by atoms with Gasteiger partial charge in [-0.3, -0.25) is 14.6 Å². The molecule has 1 spiro atoms. The van der Waals surface area contributed by atoms with E-state index in [9.17, 15) is 9.59 Å². The Morgan fingerprint density at radius 1 is 1.30 bits per heavy atom. The molecule has 0 radical (unpaired) electrons. The zero-order valence-electron chi connectivity index (χ0n) is 13.3. The first kappa shape index (κ1) is 14.7. The van der Waals surface area contributed by atoms with E-state index < -0.39 is 5.60 Å². The third-order valence-electron chi connectivity index (χ3n) is 5.53. The van der Waals surface area contributed by atoms with E-state index in [2.05, 4.69) is 16.4 Å². The van der Waals surface area contributed by atoms with Crippen molar-refractivity contribution in [3.63, 3.8) is 0 Å². The maximum Gasteiger partial charge on any atom is 0.307 e. The van der Waals surface area contributed by atoms with Crippen LogP contribution in [-0.4, -0.2) is 22.5 Å². The maximum absolute atomic E-state index is 12.6. The summed E-state index contributed by atoms with van der Waals surface area (Å²) in [7, 11) is 0. The first-order chi connectivity index (χ1) is 11.2. The number of nitrogens with zero attached hydrogens (tertiary/aromatic N) is 1.